The minimum Gasteiger partial charge on any atom is -0.497 e. The summed E-state index contributed by atoms with van der Waals surface area (Å²) in [5.74, 6) is -1.38. The van der Waals surface area contributed by atoms with Crippen molar-refractivity contribution in [3.63, 3.8) is 0 Å². The molecule has 0 aliphatic heterocycles. The van der Waals surface area contributed by atoms with Crippen LogP contribution in [0.2, 0.25) is 0 Å². The largest absolute Gasteiger partial charge is 0.497 e. The van der Waals surface area contributed by atoms with Crippen LogP contribution in [0.3, 0.4) is 0 Å². The summed E-state index contributed by atoms with van der Waals surface area (Å²) in [6.07, 6.45) is 0.168. The molecule has 0 bridgehead atoms. The third-order valence-corrected chi connectivity index (χ3v) is 8.51. The number of hydrogen-bond acceptors (Lipinski definition) is 5. The molecule has 0 aliphatic carbocycles. The zero-order chi connectivity index (χ0) is 30.1. The van der Waals surface area contributed by atoms with Crippen LogP contribution in [0, 0.1) is 5.82 Å². The van der Waals surface area contributed by atoms with E-state index in [9.17, 15) is 18.0 Å². The Morgan fingerprint density at radius 1 is 0.857 bits per heavy atom. The number of hydrogen-bond donors (Lipinski definition) is 1. The Balaban J connectivity index is 1.80. The first-order chi connectivity index (χ1) is 20.2. The van der Waals surface area contributed by atoms with Crippen molar-refractivity contribution in [1.82, 2.24) is 10.2 Å². The lowest BCUT2D eigenvalue weighted by atomic mass is 10.0. The molecular weight excluding hydrogens is 557 g/mol. The summed E-state index contributed by atoms with van der Waals surface area (Å²) in [5.41, 5.74) is 1.18. The van der Waals surface area contributed by atoms with E-state index in [2.05, 4.69) is 5.32 Å². The highest BCUT2D eigenvalue weighted by molar-refractivity contribution is 7.92. The number of para-hydroxylation sites is 1. The highest BCUT2D eigenvalue weighted by atomic mass is 32.2. The molecule has 42 heavy (non-hydrogen) atoms. The Hall–Kier alpha value is -4.70. The van der Waals surface area contributed by atoms with E-state index >= 15 is 4.39 Å². The van der Waals surface area contributed by atoms with Crippen molar-refractivity contribution in [1.29, 1.82) is 0 Å². The Bertz CT molecular complexity index is 1620. The van der Waals surface area contributed by atoms with Crippen LogP contribution < -0.4 is 14.4 Å². The third kappa shape index (κ3) is 7.13. The molecular formula is C32H32FN3O5S. The van der Waals surface area contributed by atoms with Gasteiger partial charge in [-0.25, -0.2) is 12.8 Å². The van der Waals surface area contributed by atoms with Gasteiger partial charge in [0, 0.05) is 20.0 Å². The number of benzene rings is 4. The highest BCUT2D eigenvalue weighted by Crippen LogP contribution is 2.27. The molecule has 0 spiro atoms. The molecule has 0 heterocycles. The molecule has 4 aromatic carbocycles. The van der Waals surface area contributed by atoms with Gasteiger partial charge in [0.15, 0.2) is 0 Å². The summed E-state index contributed by atoms with van der Waals surface area (Å²) in [4.78, 5) is 28.7. The minimum atomic E-state index is -4.37. The Morgan fingerprint density at radius 3 is 2.12 bits per heavy atom. The lowest BCUT2D eigenvalue weighted by Gasteiger charge is -2.33. The summed E-state index contributed by atoms with van der Waals surface area (Å²) in [6.45, 7) is -0.776. The number of ether oxygens (including phenoxy) is 1. The lowest BCUT2D eigenvalue weighted by molar-refractivity contribution is -0.139. The number of nitrogens with one attached hydrogen (secondary N) is 1. The van der Waals surface area contributed by atoms with Gasteiger partial charge in [-0.15, -0.1) is 0 Å². The van der Waals surface area contributed by atoms with Gasteiger partial charge < -0.3 is 15.0 Å². The van der Waals surface area contributed by atoms with Gasteiger partial charge in [0.25, 0.3) is 10.0 Å². The van der Waals surface area contributed by atoms with Crippen LogP contribution in [0.15, 0.2) is 114 Å². The molecule has 4 rings (SSSR count). The maximum absolute atomic E-state index is 15.1. The van der Waals surface area contributed by atoms with Crippen molar-refractivity contribution < 1.29 is 27.1 Å². The van der Waals surface area contributed by atoms with Crippen molar-refractivity contribution in [3.8, 4) is 5.75 Å². The molecule has 1 N–H and O–H groups in total. The third-order valence-electron chi connectivity index (χ3n) is 6.74. The summed E-state index contributed by atoms with van der Waals surface area (Å²) < 4.78 is 48.8. The van der Waals surface area contributed by atoms with Crippen molar-refractivity contribution in [3.05, 3.63) is 126 Å². The van der Waals surface area contributed by atoms with Gasteiger partial charge in [0.2, 0.25) is 11.8 Å². The minimum absolute atomic E-state index is 0.0303. The lowest BCUT2D eigenvalue weighted by Crippen LogP contribution is -2.53. The van der Waals surface area contributed by atoms with Gasteiger partial charge in [-0.05, 0) is 47.5 Å². The number of carbonyl (C=O) groups is 2. The van der Waals surface area contributed by atoms with Crippen molar-refractivity contribution in [2.75, 3.05) is 25.0 Å². The van der Waals surface area contributed by atoms with Crippen molar-refractivity contribution >= 4 is 27.5 Å². The van der Waals surface area contributed by atoms with Crippen molar-refractivity contribution in [2.45, 2.75) is 23.9 Å². The quantitative estimate of drug-likeness (QED) is 0.264. The molecule has 0 aliphatic rings. The Kier molecular flexibility index (Phi) is 9.93. The van der Waals surface area contributed by atoms with Gasteiger partial charge in [-0.3, -0.25) is 13.9 Å². The molecule has 0 saturated heterocycles. The summed E-state index contributed by atoms with van der Waals surface area (Å²) in [7, 11) is -1.38. The Morgan fingerprint density at radius 2 is 1.48 bits per heavy atom. The van der Waals surface area contributed by atoms with E-state index in [1.807, 2.05) is 30.3 Å². The van der Waals surface area contributed by atoms with Gasteiger partial charge in [0.1, 0.15) is 24.2 Å². The molecule has 0 radical (unpaired) electrons. The van der Waals surface area contributed by atoms with Gasteiger partial charge >= 0.3 is 0 Å². The van der Waals surface area contributed by atoms with Gasteiger partial charge in [-0.2, -0.15) is 0 Å². The number of carbonyl (C=O) groups excluding carboxylic acids is 2. The molecule has 10 heteroatoms. The maximum atomic E-state index is 15.1. The monoisotopic (exact) mass is 589 g/mol. The number of nitrogens with zero attached hydrogens (tertiary/aromatic N) is 2. The van der Waals surface area contributed by atoms with Crippen LogP contribution in [0.1, 0.15) is 11.1 Å². The molecule has 0 aromatic heterocycles. The fourth-order valence-electron chi connectivity index (χ4n) is 4.58. The fraction of sp³-hybridized carbons (Fsp3) is 0.188. The molecule has 4 aromatic rings. The van der Waals surface area contributed by atoms with E-state index in [1.54, 1.807) is 42.5 Å². The van der Waals surface area contributed by atoms with E-state index in [1.165, 1.54) is 49.4 Å². The predicted molar refractivity (Wildman–Crippen MR) is 159 cm³/mol. The van der Waals surface area contributed by atoms with Crippen LogP contribution in [0.25, 0.3) is 0 Å². The molecule has 8 nitrogen and oxygen atoms in total. The first kappa shape index (κ1) is 30.3. The summed E-state index contributed by atoms with van der Waals surface area (Å²) >= 11 is 0. The number of likely N-dealkylation sites (N-methyl/N-ethyl adjacent to an activating group) is 1. The Labute approximate surface area is 245 Å². The molecule has 1 unspecified atom stereocenters. The van der Waals surface area contributed by atoms with Crippen LogP contribution in [-0.4, -0.2) is 51.9 Å². The number of anilines is 1. The number of sulfonamides is 1. The van der Waals surface area contributed by atoms with Crippen LogP contribution in [0.4, 0.5) is 10.1 Å². The second-order valence-corrected chi connectivity index (χ2v) is 11.3. The molecule has 218 valence electrons. The first-order valence-electron chi connectivity index (χ1n) is 13.2. The van der Waals surface area contributed by atoms with E-state index in [0.29, 0.717) is 11.3 Å². The SMILES string of the molecule is CNC(=O)C(Cc1ccccc1)N(Cc1cccc(OC)c1)C(=O)CN(c1ccccc1F)S(=O)(=O)c1ccccc1. The summed E-state index contributed by atoms with van der Waals surface area (Å²) in [5, 5.41) is 2.63. The average molecular weight is 590 g/mol. The molecule has 0 saturated carbocycles. The van der Waals surface area contributed by atoms with Gasteiger partial charge in [0.05, 0.1) is 17.7 Å². The van der Waals surface area contributed by atoms with E-state index in [-0.39, 0.29) is 23.5 Å². The van der Waals surface area contributed by atoms with E-state index < -0.39 is 40.2 Å². The zero-order valence-corrected chi connectivity index (χ0v) is 24.1. The number of halogens is 1. The van der Waals surface area contributed by atoms with Crippen LogP contribution in [-0.2, 0) is 32.6 Å². The topological polar surface area (TPSA) is 96.0 Å². The first-order valence-corrected chi connectivity index (χ1v) is 14.7. The second-order valence-electron chi connectivity index (χ2n) is 9.47. The van der Waals surface area contributed by atoms with E-state index in [4.69, 9.17) is 4.74 Å². The molecule has 1 atom stereocenters. The normalized spacial score (nSPS) is 11.8. The molecule has 0 fully saturated rings. The van der Waals surface area contributed by atoms with Crippen LogP contribution in [0.5, 0.6) is 5.75 Å². The smallest absolute Gasteiger partial charge is 0.264 e. The number of amides is 2. The van der Waals surface area contributed by atoms with E-state index in [0.717, 1.165) is 15.9 Å². The fourth-order valence-corrected chi connectivity index (χ4v) is 6.02. The number of rotatable bonds is 12. The standard InChI is InChI=1S/C32H32FN3O5S/c1-34-32(38)30(21-24-12-5-3-6-13-24)35(22-25-14-11-15-26(20-25)41-2)31(37)23-36(29-19-10-9-18-28(29)33)42(39,40)27-16-7-4-8-17-27/h3-20,30H,21-23H2,1-2H3,(H,34,38). The maximum Gasteiger partial charge on any atom is 0.264 e. The zero-order valence-electron chi connectivity index (χ0n) is 23.3. The van der Waals surface area contributed by atoms with Crippen LogP contribution >= 0.6 is 0 Å². The molecule has 2 amide bonds. The highest BCUT2D eigenvalue weighted by Gasteiger charge is 2.35. The van der Waals surface area contributed by atoms with Crippen molar-refractivity contribution in [2.24, 2.45) is 0 Å². The average Bonchev–Trinajstić information content (AvgIpc) is 3.02. The predicted octanol–water partition coefficient (Wildman–Crippen LogP) is 4.42. The summed E-state index contributed by atoms with van der Waals surface area (Å²) in [6, 6.07) is 28.1. The number of methoxy groups -OCH3 is 1. The van der Waals surface area contributed by atoms with Gasteiger partial charge in [-0.1, -0.05) is 72.8 Å². The second kappa shape index (κ2) is 13.8.